The van der Waals surface area contributed by atoms with Gasteiger partial charge in [-0.2, -0.15) is 13.2 Å². The first-order chi connectivity index (χ1) is 9.34. The summed E-state index contributed by atoms with van der Waals surface area (Å²) in [5, 5.41) is 9.47. The van der Waals surface area contributed by atoms with Gasteiger partial charge in [0.2, 0.25) is 0 Å². The Balaban J connectivity index is 2.28. The largest absolute Gasteiger partial charge is 0.416 e. The molecule has 1 heterocycles. The van der Waals surface area contributed by atoms with Crippen LogP contribution in [0.3, 0.4) is 0 Å². The van der Waals surface area contributed by atoms with Crippen LogP contribution in [0.15, 0.2) is 18.2 Å². The fourth-order valence-corrected chi connectivity index (χ4v) is 2.60. The van der Waals surface area contributed by atoms with Crippen LogP contribution in [-0.2, 0) is 0 Å². The number of aliphatic hydroxyl groups excluding tert-OH is 1. The van der Waals surface area contributed by atoms with Crippen molar-refractivity contribution >= 4 is 11.4 Å². The van der Waals surface area contributed by atoms with Crippen molar-refractivity contribution in [3.8, 4) is 0 Å². The molecule has 20 heavy (non-hydrogen) atoms. The molecule has 1 N–H and O–H groups in total. The van der Waals surface area contributed by atoms with Crippen LogP contribution in [0.25, 0.3) is 4.85 Å². The van der Waals surface area contributed by atoms with Gasteiger partial charge >= 0.3 is 6.18 Å². The van der Waals surface area contributed by atoms with Crippen LogP contribution in [0, 0.1) is 13.5 Å². The first kappa shape index (κ1) is 14.7. The van der Waals surface area contributed by atoms with E-state index in [-0.39, 0.29) is 0 Å². The number of hydrogen-bond donors (Lipinski definition) is 1. The first-order valence-corrected chi connectivity index (χ1v) is 6.34. The van der Waals surface area contributed by atoms with Crippen molar-refractivity contribution in [3.05, 3.63) is 35.2 Å². The summed E-state index contributed by atoms with van der Waals surface area (Å²) in [5.74, 6) is 0. The molecule has 0 bridgehead atoms. The average Bonchev–Trinajstić information content (AvgIpc) is 2.85. The predicted molar refractivity (Wildman–Crippen MR) is 69.9 cm³/mol. The highest BCUT2D eigenvalue weighted by Crippen LogP contribution is 2.35. The normalized spacial score (nSPS) is 20.8. The number of hydrogen-bond acceptors (Lipinski definition) is 2. The average molecular weight is 284 g/mol. The Hall–Kier alpha value is -1.74. The summed E-state index contributed by atoms with van der Waals surface area (Å²) in [7, 11) is 0. The summed E-state index contributed by atoms with van der Waals surface area (Å²) >= 11 is 0. The Morgan fingerprint density at radius 1 is 1.45 bits per heavy atom. The highest BCUT2D eigenvalue weighted by molar-refractivity contribution is 5.61. The molecule has 1 aromatic rings. The van der Waals surface area contributed by atoms with Crippen LogP contribution in [0.2, 0.25) is 0 Å². The summed E-state index contributed by atoms with van der Waals surface area (Å²) in [4.78, 5) is 4.92. The lowest BCUT2D eigenvalue weighted by Gasteiger charge is -2.31. The Kier molecular flexibility index (Phi) is 3.91. The van der Waals surface area contributed by atoms with E-state index < -0.39 is 18.3 Å². The lowest BCUT2D eigenvalue weighted by Crippen LogP contribution is -2.47. The number of aryl methyl sites for hydroxylation is 1. The van der Waals surface area contributed by atoms with Gasteiger partial charge in [-0.15, -0.1) is 0 Å². The molecule has 0 amide bonds. The molecule has 6 heteroatoms. The standard InChI is InChI=1S/C14H15F3N2O/c1-9-8-10(5-6-11(9)18-2)19-7-3-4-12(19)13(20)14(15,16)17/h5-6,8,12-13,20H,3-4,7H2,1H3/t12-,13+/m1/s1. The number of rotatable bonds is 2. The molecule has 108 valence electrons. The number of aliphatic hydroxyl groups is 1. The molecular weight excluding hydrogens is 269 g/mol. The minimum Gasteiger partial charge on any atom is -0.382 e. The van der Waals surface area contributed by atoms with Crippen molar-refractivity contribution in [2.45, 2.75) is 38.1 Å². The fourth-order valence-electron chi connectivity index (χ4n) is 2.60. The highest BCUT2D eigenvalue weighted by Gasteiger charge is 2.47. The molecular formula is C14H15F3N2O. The number of nitrogens with zero attached hydrogens (tertiary/aromatic N) is 2. The first-order valence-electron chi connectivity index (χ1n) is 6.34. The van der Waals surface area contributed by atoms with Gasteiger partial charge in [0.1, 0.15) is 0 Å². The topological polar surface area (TPSA) is 27.8 Å². The molecule has 1 aliphatic heterocycles. The molecule has 0 radical (unpaired) electrons. The van der Waals surface area contributed by atoms with Crippen molar-refractivity contribution in [3.63, 3.8) is 0 Å². The maximum atomic E-state index is 12.7. The molecule has 0 aromatic heterocycles. The van der Waals surface area contributed by atoms with E-state index in [9.17, 15) is 18.3 Å². The molecule has 1 aromatic carbocycles. The summed E-state index contributed by atoms with van der Waals surface area (Å²) in [6.45, 7) is 9.21. The third-order valence-electron chi connectivity index (χ3n) is 3.63. The van der Waals surface area contributed by atoms with Crippen molar-refractivity contribution in [2.24, 2.45) is 0 Å². The molecule has 2 atom stereocenters. The van der Waals surface area contributed by atoms with Crippen LogP contribution in [0.1, 0.15) is 18.4 Å². The SMILES string of the molecule is [C-]#[N+]c1ccc(N2CCC[C@@H]2[C@H](O)C(F)(F)F)cc1C. The molecule has 1 saturated heterocycles. The lowest BCUT2D eigenvalue weighted by molar-refractivity contribution is -0.209. The number of alkyl halides is 3. The van der Waals surface area contributed by atoms with Crippen LogP contribution in [0.5, 0.6) is 0 Å². The quantitative estimate of drug-likeness (QED) is 0.843. The minimum absolute atomic E-state index is 0.310. The van der Waals surface area contributed by atoms with Crippen LogP contribution in [0.4, 0.5) is 24.5 Å². The maximum absolute atomic E-state index is 12.7. The molecule has 3 nitrogen and oxygen atoms in total. The third-order valence-corrected chi connectivity index (χ3v) is 3.63. The lowest BCUT2D eigenvalue weighted by atomic mass is 10.1. The van der Waals surface area contributed by atoms with Gasteiger partial charge in [0.05, 0.1) is 12.6 Å². The monoisotopic (exact) mass is 284 g/mol. The van der Waals surface area contributed by atoms with Gasteiger partial charge < -0.3 is 10.0 Å². The Morgan fingerprint density at radius 3 is 2.70 bits per heavy atom. The van der Waals surface area contributed by atoms with E-state index in [1.807, 2.05) is 0 Å². The van der Waals surface area contributed by atoms with Crippen molar-refractivity contribution < 1.29 is 18.3 Å². The number of halogens is 3. The minimum atomic E-state index is -4.61. The van der Waals surface area contributed by atoms with Gasteiger partial charge in [-0.1, -0.05) is 6.07 Å². The van der Waals surface area contributed by atoms with Crippen LogP contribution in [-0.4, -0.2) is 30.0 Å². The second-order valence-electron chi connectivity index (χ2n) is 4.97. The summed E-state index contributed by atoms with van der Waals surface area (Å²) in [5.41, 5.74) is 1.84. The van der Waals surface area contributed by atoms with Crippen molar-refractivity contribution in [2.75, 3.05) is 11.4 Å². The highest BCUT2D eigenvalue weighted by atomic mass is 19.4. The van der Waals surface area contributed by atoms with Gasteiger partial charge in [0, 0.05) is 12.2 Å². The second-order valence-corrected chi connectivity index (χ2v) is 4.97. The number of anilines is 1. The van der Waals surface area contributed by atoms with Gasteiger partial charge in [0.25, 0.3) is 0 Å². The Bertz CT molecular complexity index is 536. The van der Waals surface area contributed by atoms with E-state index >= 15 is 0 Å². The fraction of sp³-hybridized carbons (Fsp3) is 0.500. The zero-order valence-electron chi connectivity index (χ0n) is 11.0. The van der Waals surface area contributed by atoms with E-state index in [1.165, 1.54) is 0 Å². The Morgan fingerprint density at radius 2 is 2.15 bits per heavy atom. The molecule has 0 saturated carbocycles. The molecule has 0 unspecified atom stereocenters. The van der Waals surface area contributed by atoms with Gasteiger partial charge in [-0.25, -0.2) is 4.85 Å². The van der Waals surface area contributed by atoms with Gasteiger partial charge in [0.15, 0.2) is 11.8 Å². The molecule has 2 rings (SSSR count). The van der Waals surface area contributed by atoms with E-state index in [2.05, 4.69) is 4.85 Å². The third kappa shape index (κ3) is 2.73. The molecule has 0 spiro atoms. The number of benzene rings is 1. The second kappa shape index (κ2) is 5.33. The van der Waals surface area contributed by atoms with Crippen molar-refractivity contribution in [1.82, 2.24) is 0 Å². The zero-order valence-corrected chi connectivity index (χ0v) is 11.0. The summed E-state index contributed by atoms with van der Waals surface area (Å²) in [6, 6.07) is 4.00. The van der Waals surface area contributed by atoms with Crippen molar-refractivity contribution in [1.29, 1.82) is 0 Å². The van der Waals surface area contributed by atoms with E-state index in [4.69, 9.17) is 6.57 Å². The Labute approximate surface area is 115 Å². The van der Waals surface area contributed by atoms with E-state index in [0.717, 1.165) is 5.56 Å². The smallest absolute Gasteiger partial charge is 0.382 e. The van der Waals surface area contributed by atoms with E-state index in [1.54, 1.807) is 30.0 Å². The van der Waals surface area contributed by atoms with Gasteiger partial charge in [-0.05, 0) is 37.5 Å². The van der Waals surface area contributed by atoms with Crippen LogP contribution < -0.4 is 4.90 Å². The molecule has 0 aliphatic carbocycles. The van der Waals surface area contributed by atoms with Crippen LogP contribution >= 0.6 is 0 Å². The van der Waals surface area contributed by atoms with E-state index in [0.29, 0.717) is 30.8 Å². The van der Waals surface area contributed by atoms with Gasteiger partial charge in [-0.3, -0.25) is 0 Å². The summed E-state index contributed by atoms with van der Waals surface area (Å²) < 4.78 is 38.0. The zero-order chi connectivity index (χ0) is 14.9. The maximum Gasteiger partial charge on any atom is 0.416 e. The summed E-state index contributed by atoms with van der Waals surface area (Å²) in [6.07, 6.45) is -6.03. The molecule has 1 fully saturated rings. The molecule has 1 aliphatic rings. The predicted octanol–water partition coefficient (Wildman–Crippen LogP) is 3.44.